The molecule has 1 aliphatic heterocycles. The number of carbonyl (C=O) groups excluding carboxylic acids is 3. The van der Waals surface area contributed by atoms with Crippen molar-refractivity contribution in [3.63, 3.8) is 0 Å². The second-order valence-electron chi connectivity index (χ2n) is 12.0. The molecular formula is C31H46BN6O9P. The summed E-state index contributed by atoms with van der Waals surface area (Å²) in [6.07, 6.45) is 6.84. The molecule has 1 aromatic heterocycles. The number of hydrogen-bond donors (Lipinski definition) is 5. The number of carbonyl (C=O) groups is 4. The van der Waals surface area contributed by atoms with Crippen LogP contribution in [-0.4, -0.2) is 106 Å². The van der Waals surface area contributed by atoms with E-state index < -0.39 is 50.7 Å². The zero-order valence-corrected chi connectivity index (χ0v) is 28.4. The van der Waals surface area contributed by atoms with E-state index in [1.807, 2.05) is 44.2 Å². The molecule has 15 nitrogen and oxygen atoms in total. The topological polar surface area (TPSA) is 209 Å². The first kappa shape index (κ1) is 38.8. The predicted octanol–water partition coefficient (Wildman–Crippen LogP) is 1.28. The summed E-state index contributed by atoms with van der Waals surface area (Å²) in [4.78, 5) is 69.2. The van der Waals surface area contributed by atoms with Crippen molar-refractivity contribution in [2.75, 3.05) is 32.8 Å². The predicted molar refractivity (Wildman–Crippen MR) is 178 cm³/mol. The van der Waals surface area contributed by atoms with Gasteiger partial charge in [-0.1, -0.05) is 44.2 Å². The summed E-state index contributed by atoms with van der Waals surface area (Å²) in [5, 5.41) is 17.0. The van der Waals surface area contributed by atoms with E-state index in [1.165, 1.54) is 18.6 Å². The highest BCUT2D eigenvalue weighted by Gasteiger charge is 2.35. The van der Waals surface area contributed by atoms with Crippen LogP contribution in [0.15, 0.2) is 48.9 Å². The van der Waals surface area contributed by atoms with Crippen LogP contribution in [0.2, 0.25) is 0 Å². The van der Waals surface area contributed by atoms with Gasteiger partial charge in [-0.05, 0) is 43.7 Å². The van der Waals surface area contributed by atoms with Gasteiger partial charge in [-0.2, -0.15) is 0 Å². The van der Waals surface area contributed by atoms with Crippen LogP contribution in [0.1, 0.15) is 62.0 Å². The third kappa shape index (κ3) is 13.8. The Bertz CT molecular complexity index is 1320. The van der Waals surface area contributed by atoms with Gasteiger partial charge in [-0.3, -0.25) is 23.9 Å². The van der Waals surface area contributed by atoms with Crippen molar-refractivity contribution in [2.45, 2.75) is 70.1 Å². The summed E-state index contributed by atoms with van der Waals surface area (Å²) in [7, 11) is -4.16. The number of aromatic nitrogens is 2. The maximum absolute atomic E-state index is 13.8. The van der Waals surface area contributed by atoms with Crippen molar-refractivity contribution < 1.29 is 43.1 Å². The van der Waals surface area contributed by atoms with Gasteiger partial charge in [0.15, 0.2) is 0 Å². The third-order valence-electron chi connectivity index (χ3n) is 7.56. The van der Waals surface area contributed by atoms with Crippen molar-refractivity contribution in [3.05, 3.63) is 60.2 Å². The third-order valence-corrected chi connectivity index (χ3v) is 8.45. The standard InChI is InChI=1S/C31H46BN6O9P/c1-22(2)19-26(36-28(40)24(20-23-9-4-3-5-10-23)35-29(41)25-21-33-12-13-34-25)32-46-17-7-15-38(16-8-18-47-32)14-6-11-27(39)37-30(31(42)43)48(44)45/h3-5,9-10,12-13,21-22,24,26,30,48H,6-8,11,14-20H2,1-2H3,(H,35,41)(H,36,40)(H,37,39)(H,42,43)(H,44,45)/t24-,26-,30?/m1/s1. The summed E-state index contributed by atoms with van der Waals surface area (Å²) >= 11 is 0. The highest BCUT2D eigenvalue weighted by molar-refractivity contribution is 7.40. The smallest absolute Gasteiger partial charge is 0.479 e. The van der Waals surface area contributed by atoms with Gasteiger partial charge < -0.3 is 40.2 Å². The zero-order valence-electron chi connectivity index (χ0n) is 27.4. The van der Waals surface area contributed by atoms with Gasteiger partial charge in [0.1, 0.15) is 11.7 Å². The van der Waals surface area contributed by atoms with Gasteiger partial charge in [0.05, 0.1) is 12.1 Å². The fourth-order valence-corrected chi connectivity index (χ4v) is 5.75. The number of hydrogen-bond acceptors (Lipinski definition) is 10. The first-order valence-corrected chi connectivity index (χ1v) is 17.6. The normalized spacial score (nSPS) is 17.0. The lowest BCUT2D eigenvalue weighted by Crippen LogP contribution is -2.56. The second kappa shape index (κ2) is 20.6. The molecule has 0 bridgehead atoms. The molecule has 2 aromatic rings. The molecule has 0 radical (unpaired) electrons. The Morgan fingerprint density at radius 2 is 1.71 bits per heavy atom. The van der Waals surface area contributed by atoms with E-state index >= 15 is 0 Å². The first-order valence-electron chi connectivity index (χ1n) is 16.1. The number of nitrogens with zero attached hydrogens (tertiary/aromatic N) is 3. The number of rotatable bonds is 16. The highest BCUT2D eigenvalue weighted by atomic mass is 31.1. The minimum atomic E-state index is -3.45. The summed E-state index contributed by atoms with van der Waals surface area (Å²) in [6, 6.07) is 8.51. The van der Waals surface area contributed by atoms with Gasteiger partial charge in [-0.15, -0.1) is 0 Å². The van der Waals surface area contributed by atoms with E-state index in [9.17, 15) is 23.7 Å². The molecule has 1 saturated heterocycles. The van der Waals surface area contributed by atoms with Crippen LogP contribution >= 0.6 is 8.03 Å². The maximum atomic E-state index is 13.8. The Morgan fingerprint density at radius 3 is 2.29 bits per heavy atom. The Balaban J connectivity index is 1.58. The highest BCUT2D eigenvalue weighted by Crippen LogP contribution is 2.20. The fourth-order valence-electron chi connectivity index (χ4n) is 5.25. The van der Waals surface area contributed by atoms with Crippen LogP contribution in [0.25, 0.3) is 0 Å². The maximum Gasteiger partial charge on any atom is 0.480 e. The molecule has 17 heteroatoms. The molecule has 1 fully saturated rings. The molecule has 2 unspecified atom stereocenters. The molecule has 4 atom stereocenters. The lowest BCUT2D eigenvalue weighted by Gasteiger charge is -2.30. The van der Waals surface area contributed by atoms with Crippen molar-refractivity contribution in [1.29, 1.82) is 0 Å². The minimum absolute atomic E-state index is 0.0194. The van der Waals surface area contributed by atoms with Crippen molar-refractivity contribution in [2.24, 2.45) is 5.92 Å². The van der Waals surface area contributed by atoms with Crippen LogP contribution in [-0.2, 0) is 34.7 Å². The molecule has 0 aliphatic carbocycles. The van der Waals surface area contributed by atoms with Gasteiger partial charge in [0, 0.05) is 51.5 Å². The second-order valence-corrected chi connectivity index (χ2v) is 13.2. The van der Waals surface area contributed by atoms with Gasteiger partial charge >= 0.3 is 13.1 Å². The van der Waals surface area contributed by atoms with Crippen LogP contribution in [0.3, 0.4) is 0 Å². The zero-order chi connectivity index (χ0) is 34.9. The number of carboxylic acid groups (broad SMARTS) is 1. The molecule has 262 valence electrons. The van der Waals surface area contributed by atoms with Crippen LogP contribution < -0.4 is 16.0 Å². The van der Waals surface area contributed by atoms with Crippen LogP contribution in [0.4, 0.5) is 0 Å². The lowest BCUT2D eigenvalue weighted by atomic mass is 9.73. The average molecular weight is 689 g/mol. The van der Waals surface area contributed by atoms with E-state index in [0.29, 0.717) is 58.5 Å². The van der Waals surface area contributed by atoms with Gasteiger partial charge in [-0.25, -0.2) is 9.78 Å². The molecule has 1 aliphatic rings. The molecule has 2 heterocycles. The number of carboxylic acids is 1. The summed E-state index contributed by atoms with van der Waals surface area (Å²) < 4.78 is 23.5. The summed E-state index contributed by atoms with van der Waals surface area (Å²) in [5.41, 5.74) is 0.978. The average Bonchev–Trinajstić information content (AvgIpc) is 3.06. The van der Waals surface area contributed by atoms with E-state index in [2.05, 4.69) is 30.8 Å². The fraction of sp³-hybridized carbons (Fsp3) is 0.548. The molecule has 1 aromatic carbocycles. The molecule has 3 rings (SSSR count). The number of aliphatic carboxylic acids is 1. The SMILES string of the molecule is CC(C)C[C@@H](NC(=O)[C@@H](Cc1ccccc1)NC(=O)c1cnccn1)B1OCCCN(CCCC(=O)NC(C(=O)O)[PH](=O)O)CCCO1. The Hall–Kier alpha value is -3.69. The molecule has 3 amide bonds. The Morgan fingerprint density at radius 1 is 1.02 bits per heavy atom. The number of nitrogens with one attached hydrogen (secondary N) is 3. The number of amides is 3. The molecule has 5 N–H and O–H groups in total. The van der Waals surface area contributed by atoms with E-state index in [1.54, 1.807) is 0 Å². The molecule has 0 saturated carbocycles. The van der Waals surface area contributed by atoms with Crippen molar-refractivity contribution in [1.82, 2.24) is 30.8 Å². The Labute approximate surface area is 281 Å². The minimum Gasteiger partial charge on any atom is -0.479 e. The molecule has 48 heavy (non-hydrogen) atoms. The van der Waals surface area contributed by atoms with Crippen molar-refractivity contribution >= 4 is 38.8 Å². The van der Waals surface area contributed by atoms with Crippen LogP contribution in [0, 0.1) is 5.92 Å². The van der Waals surface area contributed by atoms with Gasteiger partial charge in [0.25, 0.3) is 5.91 Å². The summed E-state index contributed by atoms with van der Waals surface area (Å²) in [5.74, 6) is -5.09. The van der Waals surface area contributed by atoms with E-state index in [-0.39, 0.29) is 30.4 Å². The summed E-state index contributed by atoms with van der Waals surface area (Å²) in [6.45, 7) is 6.73. The quantitative estimate of drug-likeness (QED) is 0.125. The molecular weight excluding hydrogens is 642 g/mol. The van der Waals surface area contributed by atoms with Crippen molar-refractivity contribution in [3.8, 4) is 0 Å². The largest absolute Gasteiger partial charge is 0.480 e. The molecule has 0 spiro atoms. The van der Waals surface area contributed by atoms with E-state index in [4.69, 9.17) is 19.3 Å². The number of benzene rings is 1. The monoisotopic (exact) mass is 688 g/mol. The first-order chi connectivity index (χ1) is 23.0. The Kier molecular flexibility index (Phi) is 16.7. The lowest BCUT2D eigenvalue weighted by molar-refractivity contribution is -0.139. The van der Waals surface area contributed by atoms with E-state index in [0.717, 1.165) is 5.56 Å². The van der Waals surface area contributed by atoms with Crippen LogP contribution in [0.5, 0.6) is 0 Å². The van der Waals surface area contributed by atoms with Gasteiger partial charge in [0.2, 0.25) is 25.6 Å².